The van der Waals surface area contributed by atoms with Crippen LogP contribution < -0.4 is 0 Å². The van der Waals surface area contributed by atoms with E-state index in [1.807, 2.05) is 97.1 Å². The highest BCUT2D eigenvalue weighted by atomic mass is 15.0. The average molecular weight is 717 g/mol. The van der Waals surface area contributed by atoms with Crippen molar-refractivity contribution in [2.75, 3.05) is 0 Å². The molecule has 0 aliphatic rings. The Morgan fingerprint density at radius 2 is 1.11 bits per heavy atom. The molecule has 260 valence electrons. The quantitative estimate of drug-likeness (QED) is 0.126. The number of rotatable bonds is 7. The summed E-state index contributed by atoms with van der Waals surface area (Å²) >= 11 is 0. The van der Waals surface area contributed by atoms with Crippen LogP contribution in [0.5, 0.6) is 0 Å². The highest BCUT2D eigenvalue weighted by molar-refractivity contribution is 6.14. The van der Waals surface area contributed by atoms with Crippen LogP contribution in [0.2, 0.25) is 0 Å². The van der Waals surface area contributed by atoms with Crippen LogP contribution in [0, 0.1) is 5.41 Å². The molecule has 0 atom stereocenters. The number of hydrogen-bond donors (Lipinski definition) is 1. The fraction of sp³-hybridized carbons (Fsp3) is 0. The van der Waals surface area contributed by atoms with E-state index in [0.29, 0.717) is 22.5 Å². The van der Waals surface area contributed by atoms with Gasteiger partial charge >= 0.3 is 0 Å². The minimum atomic E-state index is -0.700. The average Bonchev–Trinajstić information content (AvgIpc) is 3.71. The van der Waals surface area contributed by atoms with Crippen molar-refractivity contribution in [2.45, 2.75) is 0 Å². The summed E-state index contributed by atoms with van der Waals surface area (Å²) in [7, 11) is 0. The first-order chi connectivity index (χ1) is 32.2. The van der Waals surface area contributed by atoms with Gasteiger partial charge in [0.25, 0.3) is 0 Å². The molecule has 0 saturated carbocycles. The Morgan fingerprint density at radius 1 is 0.509 bits per heavy atom. The summed E-state index contributed by atoms with van der Waals surface area (Å²) in [6.45, 7) is 0. The molecule has 0 bridgehead atoms. The van der Waals surface area contributed by atoms with Crippen LogP contribution in [-0.2, 0) is 0 Å². The van der Waals surface area contributed by atoms with Gasteiger partial charge in [-0.05, 0) is 69.2 Å². The number of para-hydroxylation sites is 2. The minimum Gasteiger partial charge on any atom is -0.309 e. The Labute approximate surface area is 337 Å². The summed E-state index contributed by atoms with van der Waals surface area (Å²) in [5, 5.41) is 8.71. The third-order valence-electron chi connectivity index (χ3n) is 9.11. The summed E-state index contributed by atoms with van der Waals surface area (Å²) in [5.41, 5.74) is 4.94. The molecule has 4 nitrogen and oxygen atoms in total. The molecule has 0 saturated heterocycles. The van der Waals surface area contributed by atoms with Gasteiger partial charge in [0.05, 0.1) is 27.5 Å². The molecule has 0 amide bonds. The normalized spacial score (nSPS) is 14.8. The highest BCUT2D eigenvalue weighted by Gasteiger charge is 2.14. The van der Waals surface area contributed by atoms with Crippen molar-refractivity contribution >= 4 is 39.7 Å². The van der Waals surface area contributed by atoms with Gasteiger partial charge in [0.15, 0.2) is 11.7 Å². The van der Waals surface area contributed by atoms with E-state index < -0.39 is 78.2 Å². The molecule has 0 aliphatic carbocycles. The molecule has 1 heterocycles. The standard InChI is InChI=1S/C51H36N4/c52-50(54-51(53-35-36-13-4-1-5-14-36)41-29-27-38(28-30-41)37-15-6-2-7-16-37)44-18-12-17-42(33-44)39-23-25-40(26-24-39)43-31-32-47-46-21-10-11-22-48(46)55(49(47)34-43)45-19-8-3-9-20-45/h1-35,52H/i3D,8D,9D,10D,11D,19D,20D,21D,22D,31D,32D,34D. The van der Waals surface area contributed by atoms with Crippen LogP contribution in [-0.4, -0.2) is 22.5 Å². The van der Waals surface area contributed by atoms with Crippen LogP contribution in [0.15, 0.2) is 216 Å². The predicted molar refractivity (Wildman–Crippen MR) is 231 cm³/mol. The van der Waals surface area contributed by atoms with Gasteiger partial charge in [-0.15, -0.1) is 0 Å². The van der Waals surface area contributed by atoms with Gasteiger partial charge in [-0.25, -0.2) is 9.98 Å². The van der Waals surface area contributed by atoms with Crippen molar-refractivity contribution in [1.29, 1.82) is 5.41 Å². The molecule has 55 heavy (non-hydrogen) atoms. The molecule has 9 aromatic rings. The molecule has 8 aromatic carbocycles. The number of aromatic nitrogens is 1. The van der Waals surface area contributed by atoms with E-state index in [-0.39, 0.29) is 33.2 Å². The Kier molecular flexibility index (Phi) is 6.12. The van der Waals surface area contributed by atoms with Crippen molar-refractivity contribution in [2.24, 2.45) is 9.98 Å². The van der Waals surface area contributed by atoms with E-state index in [9.17, 15) is 4.11 Å². The monoisotopic (exact) mass is 716 g/mol. The lowest BCUT2D eigenvalue weighted by Crippen LogP contribution is -2.05. The molecule has 1 aromatic heterocycles. The van der Waals surface area contributed by atoms with Gasteiger partial charge in [-0.3, -0.25) is 5.41 Å². The third-order valence-corrected chi connectivity index (χ3v) is 9.11. The van der Waals surface area contributed by atoms with Crippen LogP contribution in [0.3, 0.4) is 0 Å². The van der Waals surface area contributed by atoms with Gasteiger partial charge in [0.1, 0.15) is 0 Å². The minimum absolute atomic E-state index is 0.0314. The van der Waals surface area contributed by atoms with Crippen molar-refractivity contribution in [3.8, 4) is 39.1 Å². The zero-order valence-electron chi connectivity index (χ0n) is 41.1. The second-order valence-corrected chi connectivity index (χ2v) is 12.6. The molecule has 4 heteroatoms. The lowest BCUT2D eigenvalue weighted by Gasteiger charge is -2.10. The summed E-state index contributed by atoms with van der Waals surface area (Å²) in [5.74, 6) is 0.311. The fourth-order valence-corrected chi connectivity index (χ4v) is 6.37. The van der Waals surface area contributed by atoms with E-state index in [2.05, 4.69) is 0 Å². The largest absolute Gasteiger partial charge is 0.309 e. The number of fused-ring (bicyclic) bond motifs is 3. The lowest BCUT2D eigenvalue weighted by atomic mass is 9.98. The first-order valence-corrected chi connectivity index (χ1v) is 17.4. The number of nitrogens with one attached hydrogen (secondary N) is 1. The third kappa shape index (κ3) is 6.93. The van der Waals surface area contributed by atoms with E-state index in [1.54, 1.807) is 42.6 Å². The number of hydrogen-bond acceptors (Lipinski definition) is 1. The van der Waals surface area contributed by atoms with Crippen LogP contribution in [0.4, 0.5) is 0 Å². The maximum absolute atomic E-state index is 9.58. The van der Waals surface area contributed by atoms with Crippen LogP contribution >= 0.6 is 0 Å². The zero-order chi connectivity index (χ0) is 47.4. The summed E-state index contributed by atoms with van der Waals surface area (Å²) in [6, 6.07) is 34.3. The van der Waals surface area contributed by atoms with Crippen molar-refractivity contribution in [3.63, 3.8) is 0 Å². The number of benzene rings is 8. The number of nitrogens with zero attached hydrogens (tertiary/aromatic N) is 3. The van der Waals surface area contributed by atoms with E-state index in [4.69, 9.17) is 27.7 Å². The molecule has 0 unspecified atom stereocenters. The van der Waals surface area contributed by atoms with Crippen LogP contribution in [0.1, 0.15) is 33.1 Å². The van der Waals surface area contributed by atoms with Gasteiger partial charge in [-0.1, -0.05) is 176 Å². The SMILES string of the molecule is [2H]c1c([2H])c([2H])c(-n2c3c([2H])c([2H])c([2H])c([2H])c3c3c([2H])c([2H])c(-c4ccc(-c5cccc(C(=N)N=C(N=Cc6ccccc6)c6ccc(-c7ccccc7)cc6)c5)cc4)c([2H])c32)c([2H])c1[2H]. The van der Waals surface area contributed by atoms with Gasteiger partial charge in [-0.2, -0.15) is 0 Å². The number of amidine groups is 2. The predicted octanol–water partition coefficient (Wildman–Crippen LogP) is 12.7. The zero-order valence-corrected chi connectivity index (χ0v) is 29.1. The molecule has 1 N–H and O–H groups in total. The van der Waals surface area contributed by atoms with Crippen LogP contribution in [0.25, 0.3) is 60.9 Å². The van der Waals surface area contributed by atoms with Crippen molar-refractivity contribution in [1.82, 2.24) is 4.57 Å². The molecule has 0 radical (unpaired) electrons. The highest BCUT2D eigenvalue weighted by Crippen LogP contribution is 2.35. The Hall–Kier alpha value is -7.43. The number of aliphatic imine (C=N–C) groups is 2. The Bertz CT molecular complexity index is 3510. The van der Waals surface area contributed by atoms with Crippen molar-refractivity contribution < 1.29 is 16.4 Å². The van der Waals surface area contributed by atoms with Gasteiger partial charge in [0, 0.05) is 33.8 Å². The molecule has 0 spiro atoms. The molecule has 9 rings (SSSR count). The van der Waals surface area contributed by atoms with E-state index in [1.165, 1.54) is 0 Å². The second-order valence-electron chi connectivity index (χ2n) is 12.6. The van der Waals surface area contributed by atoms with E-state index in [0.717, 1.165) is 32.4 Å². The second kappa shape index (κ2) is 14.9. The summed E-state index contributed by atoms with van der Waals surface area (Å²) in [4.78, 5) is 9.43. The maximum Gasteiger partial charge on any atom is 0.161 e. The molecule has 0 aliphatic heterocycles. The molecule has 0 fully saturated rings. The Balaban J connectivity index is 1.12. The smallest absolute Gasteiger partial charge is 0.161 e. The Morgan fingerprint density at radius 3 is 1.87 bits per heavy atom. The lowest BCUT2D eigenvalue weighted by molar-refractivity contribution is 1.18. The van der Waals surface area contributed by atoms with Gasteiger partial charge in [0.2, 0.25) is 0 Å². The van der Waals surface area contributed by atoms with E-state index >= 15 is 0 Å². The molecular formula is C51H36N4. The topological polar surface area (TPSA) is 53.5 Å². The maximum atomic E-state index is 9.58. The van der Waals surface area contributed by atoms with Gasteiger partial charge < -0.3 is 4.57 Å². The summed E-state index contributed by atoms with van der Waals surface area (Å²) < 4.78 is 106. The fourth-order valence-electron chi connectivity index (χ4n) is 6.37. The first kappa shape index (κ1) is 22.6. The van der Waals surface area contributed by atoms with Crippen molar-refractivity contribution in [3.05, 3.63) is 223 Å². The summed E-state index contributed by atoms with van der Waals surface area (Å²) in [6.07, 6.45) is 1.70. The first-order valence-electron chi connectivity index (χ1n) is 23.4. The molecular weight excluding hydrogens is 669 g/mol.